The summed E-state index contributed by atoms with van der Waals surface area (Å²) in [5.41, 5.74) is 1.45. The van der Waals surface area contributed by atoms with Gasteiger partial charge in [-0.25, -0.2) is 0 Å². The number of anilines is 2. The van der Waals surface area contributed by atoms with Crippen molar-refractivity contribution in [3.05, 3.63) is 43.0 Å². The van der Waals surface area contributed by atoms with Crippen molar-refractivity contribution in [1.29, 1.82) is 0 Å². The number of pyridine rings is 2. The van der Waals surface area contributed by atoms with E-state index in [2.05, 4.69) is 15.3 Å². The van der Waals surface area contributed by atoms with Gasteiger partial charge in [-0.2, -0.15) is 0 Å². The lowest BCUT2D eigenvalue weighted by molar-refractivity contribution is 0.475. The van der Waals surface area contributed by atoms with Crippen molar-refractivity contribution in [2.75, 3.05) is 5.32 Å². The Kier molecular flexibility index (Phi) is 2.27. The smallest absolute Gasteiger partial charge is 0.157 e. The highest BCUT2D eigenvalue weighted by molar-refractivity contribution is 5.63. The van der Waals surface area contributed by atoms with Gasteiger partial charge in [-0.3, -0.25) is 9.97 Å². The van der Waals surface area contributed by atoms with Crippen molar-refractivity contribution >= 4 is 11.4 Å². The van der Waals surface area contributed by atoms with E-state index >= 15 is 0 Å². The highest BCUT2D eigenvalue weighted by Gasteiger charge is 1.99. The summed E-state index contributed by atoms with van der Waals surface area (Å²) in [6.45, 7) is 0. The Hall–Kier alpha value is -2.10. The summed E-state index contributed by atoms with van der Waals surface area (Å²) in [4.78, 5) is 7.73. The molecule has 0 saturated heterocycles. The molecule has 0 saturated carbocycles. The van der Waals surface area contributed by atoms with E-state index in [0.29, 0.717) is 5.69 Å². The lowest BCUT2D eigenvalue weighted by atomic mass is 10.3. The highest BCUT2D eigenvalue weighted by atomic mass is 16.3. The minimum atomic E-state index is 0.122. The van der Waals surface area contributed by atoms with Gasteiger partial charge in [0.25, 0.3) is 0 Å². The first-order valence-electron chi connectivity index (χ1n) is 4.16. The van der Waals surface area contributed by atoms with Crippen molar-refractivity contribution in [3.63, 3.8) is 0 Å². The van der Waals surface area contributed by atoms with Crippen LogP contribution in [0.25, 0.3) is 0 Å². The van der Waals surface area contributed by atoms with Gasteiger partial charge < -0.3 is 10.4 Å². The monoisotopic (exact) mass is 187 g/mol. The van der Waals surface area contributed by atoms with E-state index in [-0.39, 0.29) is 5.75 Å². The Labute approximate surface area is 81.3 Å². The standard InChI is InChI=1S/C10H9N3O/c14-10-7-12-5-3-9(10)13-8-2-1-4-11-6-8/h1-7,14H,(H,12,13). The van der Waals surface area contributed by atoms with Crippen molar-refractivity contribution in [3.8, 4) is 5.75 Å². The molecule has 2 N–H and O–H groups in total. The van der Waals surface area contributed by atoms with Crippen molar-refractivity contribution < 1.29 is 5.11 Å². The summed E-state index contributed by atoms with van der Waals surface area (Å²) in [7, 11) is 0. The summed E-state index contributed by atoms with van der Waals surface area (Å²) in [5, 5.41) is 12.4. The first kappa shape index (κ1) is 8.50. The fourth-order valence-electron chi connectivity index (χ4n) is 1.08. The van der Waals surface area contributed by atoms with Gasteiger partial charge in [-0.1, -0.05) is 0 Å². The molecule has 0 radical (unpaired) electrons. The van der Waals surface area contributed by atoms with Crippen LogP contribution in [0.1, 0.15) is 0 Å². The Morgan fingerprint density at radius 2 is 1.93 bits per heavy atom. The van der Waals surface area contributed by atoms with Gasteiger partial charge in [0.05, 0.1) is 23.8 Å². The molecule has 0 amide bonds. The molecule has 2 aromatic rings. The molecule has 0 aromatic carbocycles. The van der Waals surface area contributed by atoms with Gasteiger partial charge in [-0.15, -0.1) is 0 Å². The SMILES string of the molecule is Oc1cnccc1Nc1cccnc1. The predicted molar refractivity (Wildman–Crippen MR) is 53.4 cm³/mol. The maximum atomic E-state index is 9.43. The minimum absolute atomic E-state index is 0.122. The van der Waals surface area contributed by atoms with E-state index in [1.807, 2.05) is 12.1 Å². The molecule has 0 spiro atoms. The van der Waals surface area contributed by atoms with Crippen LogP contribution in [0.15, 0.2) is 43.0 Å². The number of hydrogen-bond acceptors (Lipinski definition) is 4. The topological polar surface area (TPSA) is 58.0 Å². The van der Waals surface area contributed by atoms with Gasteiger partial charge in [0.2, 0.25) is 0 Å². The average Bonchev–Trinajstić information content (AvgIpc) is 2.23. The molecule has 0 aliphatic heterocycles. The lowest BCUT2D eigenvalue weighted by Gasteiger charge is -2.06. The van der Waals surface area contributed by atoms with E-state index < -0.39 is 0 Å². The van der Waals surface area contributed by atoms with Crippen LogP contribution in [-0.4, -0.2) is 15.1 Å². The lowest BCUT2D eigenvalue weighted by Crippen LogP contribution is -1.91. The molecule has 0 unspecified atom stereocenters. The number of nitrogens with zero attached hydrogens (tertiary/aromatic N) is 2. The third-order valence-corrected chi connectivity index (χ3v) is 1.74. The van der Waals surface area contributed by atoms with Crippen LogP contribution in [0, 0.1) is 0 Å². The molecule has 0 aliphatic rings. The Balaban J connectivity index is 2.24. The van der Waals surface area contributed by atoms with Crippen LogP contribution in [0.5, 0.6) is 5.75 Å². The average molecular weight is 187 g/mol. The normalized spacial score (nSPS) is 9.71. The number of rotatable bonds is 2. The highest BCUT2D eigenvalue weighted by Crippen LogP contribution is 2.23. The molecule has 70 valence electrons. The summed E-state index contributed by atoms with van der Waals surface area (Å²) in [6.07, 6.45) is 6.37. The van der Waals surface area contributed by atoms with Crippen LogP contribution in [-0.2, 0) is 0 Å². The number of hydrogen-bond donors (Lipinski definition) is 2. The van der Waals surface area contributed by atoms with Crippen LogP contribution in [0.3, 0.4) is 0 Å². The minimum Gasteiger partial charge on any atom is -0.504 e. The molecule has 4 nitrogen and oxygen atoms in total. The van der Waals surface area contributed by atoms with Gasteiger partial charge in [0.1, 0.15) is 0 Å². The largest absolute Gasteiger partial charge is 0.504 e. The second kappa shape index (κ2) is 3.74. The van der Waals surface area contributed by atoms with Crippen LogP contribution in [0.4, 0.5) is 11.4 Å². The van der Waals surface area contributed by atoms with Gasteiger partial charge in [0.15, 0.2) is 5.75 Å². The maximum Gasteiger partial charge on any atom is 0.157 e. The first-order valence-corrected chi connectivity index (χ1v) is 4.16. The molecular formula is C10H9N3O. The van der Waals surface area contributed by atoms with Gasteiger partial charge in [0, 0.05) is 12.4 Å². The zero-order chi connectivity index (χ0) is 9.80. The fourth-order valence-corrected chi connectivity index (χ4v) is 1.08. The second-order valence-electron chi connectivity index (χ2n) is 2.76. The van der Waals surface area contributed by atoms with Gasteiger partial charge >= 0.3 is 0 Å². The van der Waals surface area contributed by atoms with Crippen molar-refractivity contribution in [2.45, 2.75) is 0 Å². The Morgan fingerprint density at radius 3 is 2.64 bits per heavy atom. The maximum absolute atomic E-state index is 9.43. The van der Waals surface area contributed by atoms with E-state index in [1.165, 1.54) is 6.20 Å². The molecule has 0 atom stereocenters. The summed E-state index contributed by atoms with van der Waals surface area (Å²) >= 11 is 0. The quantitative estimate of drug-likeness (QED) is 0.754. The molecular weight excluding hydrogens is 178 g/mol. The molecule has 2 rings (SSSR count). The molecule has 4 heteroatoms. The first-order chi connectivity index (χ1) is 6.86. The Bertz CT molecular complexity index is 417. The van der Waals surface area contributed by atoms with Crippen molar-refractivity contribution in [1.82, 2.24) is 9.97 Å². The Morgan fingerprint density at radius 1 is 1.07 bits per heavy atom. The third-order valence-electron chi connectivity index (χ3n) is 1.74. The number of aromatic nitrogens is 2. The summed E-state index contributed by atoms with van der Waals surface area (Å²) in [6, 6.07) is 5.38. The molecule has 0 fully saturated rings. The summed E-state index contributed by atoms with van der Waals surface area (Å²) < 4.78 is 0. The van der Waals surface area contributed by atoms with Crippen LogP contribution < -0.4 is 5.32 Å². The predicted octanol–water partition coefficient (Wildman–Crippen LogP) is 1.93. The zero-order valence-corrected chi connectivity index (χ0v) is 7.38. The number of aromatic hydroxyl groups is 1. The van der Waals surface area contributed by atoms with Gasteiger partial charge in [-0.05, 0) is 18.2 Å². The summed E-state index contributed by atoms with van der Waals surface area (Å²) in [5.74, 6) is 0.122. The van der Waals surface area contributed by atoms with Crippen LogP contribution >= 0.6 is 0 Å². The van der Waals surface area contributed by atoms with E-state index in [9.17, 15) is 5.11 Å². The molecule has 14 heavy (non-hydrogen) atoms. The molecule has 2 heterocycles. The fraction of sp³-hybridized carbons (Fsp3) is 0. The zero-order valence-electron chi connectivity index (χ0n) is 7.38. The molecule has 0 aliphatic carbocycles. The second-order valence-corrected chi connectivity index (χ2v) is 2.76. The number of nitrogens with one attached hydrogen (secondary N) is 1. The molecule has 0 bridgehead atoms. The third kappa shape index (κ3) is 1.80. The van der Waals surface area contributed by atoms with E-state index in [0.717, 1.165) is 5.69 Å². The van der Waals surface area contributed by atoms with E-state index in [1.54, 1.807) is 24.7 Å². The van der Waals surface area contributed by atoms with E-state index in [4.69, 9.17) is 0 Å². The molecule has 2 aromatic heterocycles. The van der Waals surface area contributed by atoms with Crippen LogP contribution in [0.2, 0.25) is 0 Å². The van der Waals surface area contributed by atoms with Crippen molar-refractivity contribution in [2.24, 2.45) is 0 Å².